The predicted molar refractivity (Wildman–Crippen MR) is 133 cm³/mol. The summed E-state index contributed by atoms with van der Waals surface area (Å²) in [5, 5.41) is 16.8. The lowest BCUT2D eigenvalue weighted by Crippen LogP contribution is -2.44. The van der Waals surface area contributed by atoms with Crippen LogP contribution >= 0.6 is 23.1 Å². The Morgan fingerprint density at radius 1 is 1.30 bits per heavy atom. The van der Waals surface area contributed by atoms with Crippen LogP contribution in [-0.4, -0.2) is 39.4 Å². The molecule has 1 atom stereocenters. The summed E-state index contributed by atoms with van der Waals surface area (Å²) in [5.41, 5.74) is 0.959. The van der Waals surface area contributed by atoms with Crippen molar-refractivity contribution in [3.8, 4) is 16.9 Å². The molecule has 1 amide bonds. The Kier molecular flexibility index (Phi) is 5.68. The van der Waals surface area contributed by atoms with Crippen molar-refractivity contribution in [2.75, 3.05) is 18.4 Å². The Morgan fingerprint density at radius 3 is 2.94 bits per heavy atom. The van der Waals surface area contributed by atoms with Crippen LogP contribution in [0.3, 0.4) is 0 Å². The van der Waals surface area contributed by atoms with Crippen molar-refractivity contribution in [1.82, 2.24) is 9.27 Å². The van der Waals surface area contributed by atoms with Crippen molar-refractivity contribution in [3.63, 3.8) is 0 Å². The highest BCUT2D eigenvalue weighted by Crippen LogP contribution is 2.43. The fraction of sp³-hybridized carbons (Fsp3) is 0.200. The first-order chi connectivity index (χ1) is 16.0. The van der Waals surface area contributed by atoms with Gasteiger partial charge >= 0.3 is 0 Å². The van der Waals surface area contributed by atoms with Crippen LogP contribution in [0.15, 0.2) is 55.1 Å². The number of nitrogens with one attached hydrogen (secondary N) is 1. The van der Waals surface area contributed by atoms with Gasteiger partial charge in [0.1, 0.15) is 16.3 Å². The number of phenols is 1. The lowest BCUT2D eigenvalue weighted by Gasteiger charge is -2.32. The third-order valence-corrected chi connectivity index (χ3v) is 7.12. The topological polar surface area (TPSA) is 65.5 Å². The van der Waals surface area contributed by atoms with Crippen LogP contribution < -0.4 is 5.32 Å². The van der Waals surface area contributed by atoms with E-state index in [9.17, 15) is 9.90 Å². The molecule has 33 heavy (non-hydrogen) atoms. The molecule has 5 rings (SSSR count). The summed E-state index contributed by atoms with van der Waals surface area (Å²) in [6, 6.07) is 12.4. The monoisotopic (exact) mass is 481 g/mol. The Labute approximate surface area is 199 Å². The van der Waals surface area contributed by atoms with Crippen LogP contribution in [-0.2, 0) is 4.79 Å². The average molecular weight is 482 g/mol. The number of hydrogen-bond acceptors (Lipinski definition) is 5. The van der Waals surface area contributed by atoms with Gasteiger partial charge in [0.2, 0.25) is 5.91 Å². The first-order valence-electron chi connectivity index (χ1n) is 10.6. The second-order valence-electron chi connectivity index (χ2n) is 8.14. The molecule has 1 fully saturated rings. The summed E-state index contributed by atoms with van der Waals surface area (Å²) in [6.45, 7) is 4.81. The highest BCUT2D eigenvalue weighted by molar-refractivity contribution is 7.11. The molecule has 2 N–H and O–H groups in total. The number of aromatic nitrogens is 1. The minimum atomic E-state index is -0.523. The van der Waals surface area contributed by atoms with E-state index in [2.05, 4.69) is 16.3 Å². The number of amides is 1. The molecule has 1 aliphatic heterocycles. The second kappa shape index (κ2) is 8.65. The number of phenolic OH excluding ortho intramolecular Hbond substituents is 1. The van der Waals surface area contributed by atoms with Crippen LogP contribution in [0.2, 0.25) is 5.02 Å². The quantitative estimate of drug-likeness (QED) is 0.340. The summed E-state index contributed by atoms with van der Waals surface area (Å²) in [7, 11) is 0. The van der Waals surface area contributed by atoms with Crippen molar-refractivity contribution in [1.29, 1.82) is 0 Å². The number of benzene rings is 3. The van der Waals surface area contributed by atoms with Crippen LogP contribution in [0.5, 0.6) is 5.75 Å². The van der Waals surface area contributed by atoms with Gasteiger partial charge in [-0.1, -0.05) is 42.4 Å². The zero-order chi connectivity index (χ0) is 23.1. The number of carbonyl (C=O) groups is 1. The maximum atomic E-state index is 15.8. The number of halogens is 2. The maximum absolute atomic E-state index is 15.8. The predicted octanol–water partition coefficient (Wildman–Crippen LogP) is 6.20. The molecule has 8 heteroatoms. The molecule has 1 aliphatic rings. The number of hydrogen-bond donors (Lipinski definition) is 2. The lowest BCUT2D eigenvalue weighted by atomic mass is 9.96. The first-order valence-corrected chi connectivity index (χ1v) is 11.8. The summed E-state index contributed by atoms with van der Waals surface area (Å²) < 4.78 is 20.1. The molecule has 0 bridgehead atoms. The van der Waals surface area contributed by atoms with Gasteiger partial charge in [-0.15, -0.1) is 0 Å². The highest BCUT2D eigenvalue weighted by Gasteiger charge is 2.25. The van der Waals surface area contributed by atoms with Gasteiger partial charge in [0.25, 0.3) is 0 Å². The van der Waals surface area contributed by atoms with E-state index in [-0.39, 0.29) is 33.8 Å². The molecule has 1 aromatic heterocycles. The molecule has 4 aromatic rings. The third-order valence-electron chi connectivity index (χ3n) is 6.02. The van der Waals surface area contributed by atoms with Gasteiger partial charge in [-0.25, -0.2) is 4.39 Å². The molecule has 0 saturated carbocycles. The molecule has 0 spiro atoms. The summed E-state index contributed by atoms with van der Waals surface area (Å²) in [4.78, 5) is 13.8. The number of nitrogens with zero attached hydrogens (tertiary/aromatic N) is 2. The molecule has 0 aliphatic carbocycles. The Hall–Kier alpha value is -3.16. The van der Waals surface area contributed by atoms with E-state index in [0.717, 1.165) is 28.6 Å². The smallest absolute Gasteiger partial charge is 0.246 e. The van der Waals surface area contributed by atoms with Crippen molar-refractivity contribution >= 4 is 55.7 Å². The number of piperidine rings is 1. The minimum absolute atomic E-state index is 0.0304. The molecule has 2 heterocycles. The van der Waals surface area contributed by atoms with Crippen molar-refractivity contribution in [2.24, 2.45) is 0 Å². The normalized spacial score (nSPS) is 16.3. The van der Waals surface area contributed by atoms with Gasteiger partial charge in [-0.05, 0) is 65.0 Å². The number of rotatable bonds is 4. The van der Waals surface area contributed by atoms with Gasteiger partial charge in [-0.2, -0.15) is 4.37 Å². The molecule has 1 saturated heterocycles. The standard InChI is InChI=1S/C25H21ClFN3O2S/c1-2-21(32)30-9-5-7-15(13-30)28-25-19-12-20(26)22(23(27)24(19)29-33-25)18-11-16(31)10-14-6-3-4-8-17(14)18/h2-4,6,8,10-12,15,28,31H,1,5,7,9,13H2. The molecule has 168 valence electrons. The Bertz CT molecular complexity index is 1400. The van der Waals surface area contributed by atoms with Gasteiger partial charge in [0.05, 0.1) is 5.02 Å². The van der Waals surface area contributed by atoms with E-state index in [1.807, 2.05) is 24.3 Å². The maximum Gasteiger partial charge on any atom is 0.246 e. The van der Waals surface area contributed by atoms with E-state index < -0.39 is 5.82 Å². The Balaban J connectivity index is 1.55. The van der Waals surface area contributed by atoms with Crippen molar-refractivity contribution < 1.29 is 14.3 Å². The highest BCUT2D eigenvalue weighted by atomic mass is 35.5. The van der Waals surface area contributed by atoms with Crippen LogP contribution in [0.25, 0.3) is 32.8 Å². The van der Waals surface area contributed by atoms with Crippen LogP contribution in [0.4, 0.5) is 9.39 Å². The van der Waals surface area contributed by atoms with E-state index in [0.29, 0.717) is 24.0 Å². The van der Waals surface area contributed by atoms with E-state index in [4.69, 9.17) is 11.6 Å². The van der Waals surface area contributed by atoms with Gasteiger partial charge in [0.15, 0.2) is 5.82 Å². The van der Waals surface area contributed by atoms with Crippen LogP contribution in [0, 0.1) is 5.82 Å². The third kappa shape index (κ3) is 3.92. The number of carbonyl (C=O) groups excluding carboxylic acids is 1. The van der Waals surface area contributed by atoms with E-state index in [1.165, 1.54) is 23.7 Å². The molecule has 0 radical (unpaired) electrons. The zero-order valence-corrected chi connectivity index (χ0v) is 19.2. The molecular weight excluding hydrogens is 461 g/mol. The summed E-state index contributed by atoms with van der Waals surface area (Å²) >= 11 is 7.79. The van der Waals surface area contributed by atoms with Crippen molar-refractivity contribution in [2.45, 2.75) is 18.9 Å². The summed E-state index contributed by atoms with van der Waals surface area (Å²) in [5.74, 6) is -0.576. The molecular formula is C25H21ClFN3O2S. The van der Waals surface area contributed by atoms with Gasteiger partial charge in [-0.3, -0.25) is 4.79 Å². The zero-order valence-electron chi connectivity index (χ0n) is 17.6. The number of likely N-dealkylation sites (tertiary alicyclic amines) is 1. The Morgan fingerprint density at radius 2 is 2.12 bits per heavy atom. The second-order valence-corrected chi connectivity index (χ2v) is 9.32. The number of fused-ring (bicyclic) bond motifs is 2. The average Bonchev–Trinajstić information content (AvgIpc) is 3.21. The first kappa shape index (κ1) is 21.7. The molecule has 3 aromatic carbocycles. The van der Waals surface area contributed by atoms with E-state index >= 15 is 4.39 Å². The largest absolute Gasteiger partial charge is 0.508 e. The SMILES string of the molecule is C=CC(=O)N1CCCC(Nc2snc3c(F)c(-c4cc(O)cc5ccccc45)c(Cl)cc23)C1. The number of aromatic hydroxyl groups is 1. The van der Waals surface area contributed by atoms with Gasteiger partial charge < -0.3 is 15.3 Å². The fourth-order valence-corrected chi connectivity index (χ4v) is 5.60. The minimum Gasteiger partial charge on any atom is -0.508 e. The van der Waals surface area contributed by atoms with E-state index in [1.54, 1.807) is 17.0 Å². The number of anilines is 1. The fourth-order valence-electron chi connectivity index (χ4n) is 4.47. The molecule has 1 unspecified atom stereocenters. The van der Waals surface area contributed by atoms with Gasteiger partial charge in [0, 0.05) is 30.1 Å². The lowest BCUT2D eigenvalue weighted by molar-refractivity contribution is -0.127. The van der Waals surface area contributed by atoms with Crippen molar-refractivity contribution in [3.05, 3.63) is 66.0 Å². The molecule has 5 nitrogen and oxygen atoms in total. The summed E-state index contributed by atoms with van der Waals surface area (Å²) in [6.07, 6.45) is 3.09. The van der Waals surface area contributed by atoms with Crippen LogP contribution in [0.1, 0.15) is 12.8 Å².